The van der Waals surface area contributed by atoms with E-state index in [2.05, 4.69) is 38.1 Å². The lowest BCUT2D eigenvalue weighted by Gasteiger charge is -2.11. The van der Waals surface area contributed by atoms with Crippen molar-refractivity contribution >= 4 is 0 Å². The highest BCUT2D eigenvalue weighted by Crippen LogP contribution is 2.33. The Hall–Kier alpha value is -3.26. The Morgan fingerprint density at radius 1 is 0.455 bits per heavy atom. The number of unbranched alkanes of at least 4 members (excludes halogenated alkanes) is 1. The molecule has 0 spiro atoms. The lowest BCUT2D eigenvalue weighted by atomic mass is 9.96. The molecule has 0 aliphatic heterocycles. The molecule has 0 atom stereocenters. The minimum absolute atomic E-state index is 0.278. The van der Waals surface area contributed by atoms with Gasteiger partial charge in [0.1, 0.15) is 0 Å². The quantitative estimate of drug-likeness (QED) is 0.256. The molecular formula is C31H30F2. The maximum Gasteiger partial charge on any atom is 0.167 e. The second-order valence-corrected chi connectivity index (χ2v) is 8.61. The van der Waals surface area contributed by atoms with Crippen LogP contribution in [0.4, 0.5) is 8.78 Å². The summed E-state index contributed by atoms with van der Waals surface area (Å²) in [6.45, 7) is 4.32. The largest absolute Gasteiger partial charge is 0.203 e. The standard InChI is InChI=1S/C31H30F2/c1-3-5-7-23-8-12-24(13-9-23)25-16-18-27(19-17-25)29-21-20-28(30(32)31(29)33)26-14-10-22(6-4-2)11-15-26/h8-21H,3-7H2,1-2H3. The van der Waals surface area contributed by atoms with Gasteiger partial charge in [0.05, 0.1) is 0 Å². The van der Waals surface area contributed by atoms with E-state index < -0.39 is 11.6 Å². The Bertz CT molecular complexity index is 1190. The van der Waals surface area contributed by atoms with Crippen molar-refractivity contribution in [2.75, 3.05) is 0 Å². The molecule has 0 bridgehead atoms. The van der Waals surface area contributed by atoms with Gasteiger partial charge in [-0.3, -0.25) is 0 Å². The van der Waals surface area contributed by atoms with E-state index in [1.165, 1.54) is 24.0 Å². The molecule has 4 aromatic carbocycles. The molecule has 0 saturated carbocycles. The maximum absolute atomic E-state index is 15.0. The first-order chi connectivity index (χ1) is 16.1. The van der Waals surface area contributed by atoms with Crippen LogP contribution in [-0.2, 0) is 12.8 Å². The monoisotopic (exact) mass is 440 g/mol. The van der Waals surface area contributed by atoms with Crippen molar-refractivity contribution in [2.24, 2.45) is 0 Å². The van der Waals surface area contributed by atoms with Crippen molar-refractivity contribution in [3.63, 3.8) is 0 Å². The van der Waals surface area contributed by atoms with Crippen LogP contribution in [0.5, 0.6) is 0 Å². The number of rotatable bonds is 8. The molecule has 2 heteroatoms. The van der Waals surface area contributed by atoms with E-state index in [1.54, 1.807) is 12.1 Å². The molecular weight excluding hydrogens is 410 g/mol. The van der Waals surface area contributed by atoms with Crippen LogP contribution < -0.4 is 0 Å². The summed E-state index contributed by atoms with van der Waals surface area (Å²) in [5, 5.41) is 0. The Morgan fingerprint density at radius 3 is 1.30 bits per heavy atom. The number of hydrogen-bond acceptors (Lipinski definition) is 0. The average Bonchev–Trinajstić information content (AvgIpc) is 2.86. The predicted octanol–water partition coefficient (Wildman–Crippen LogP) is 9.26. The molecule has 0 fully saturated rings. The number of benzene rings is 4. The normalized spacial score (nSPS) is 11.0. The van der Waals surface area contributed by atoms with Crippen LogP contribution in [0.25, 0.3) is 33.4 Å². The summed E-state index contributed by atoms with van der Waals surface area (Å²) in [5.41, 5.74) is 6.65. The molecule has 0 saturated heterocycles. The van der Waals surface area contributed by atoms with Crippen molar-refractivity contribution in [3.05, 3.63) is 108 Å². The second-order valence-electron chi connectivity index (χ2n) is 8.61. The van der Waals surface area contributed by atoms with Crippen molar-refractivity contribution in [1.82, 2.24) is 0 Å². The first-order valence-corrected chi connectivity index (χ1v) is 11.9. The van der Waals surface area contributed by atoms with Gasteiger partial charge in [0, 0.05) is 11.1 Å². The zero-order valence-corrected chi connectivity index (χ0v) is 19.4. The molecule has 4 rings (SSSR count). The molecule has 0 aliphatic rings. The Morgan fingerprint density at radius 2 is 0.848 bits per heavy atom. The summed E-state index contributed by atoms with van der Waals surface area (Å²) >= 11 is 0. The van der Waals surface area contributed by atoms with Gasteiger partial charge >= 0.3 is 0 Å². The number of hydrogen-bond donors (Lipinski definition) is 0. The summed E-state index contributed by atoms with van der Waals surface area (Å²) in [5.74, 6) is -1.61. The maximum atomic E-state index is 15.0. The summed E-state index contributed by atoms with van der Waals surface area (Å²) < 4.78 is 30.0. The van der Waals surface area contributed by atoms with E-state index in [-0.39, 0.29) is 5.56 Å². The second kappa shape index (κ2) is 10.6. The first kappa shape index (κ1) is 22.9. The van der Waals surface area contributed by atoms with Crippen LogP contribution in [0.1, 0.15) is 44.2 Å². The van der Waals surface area contributed by atoms with E-state index in [1.807, 2.05) is 48.5 Å². The van der Waals surface area contributed by atoms with Gasteiger partial charge in [-0.2, -0.15) is 0 Å². The van der Waals surface area contributed by atoms with Crippen LogP contribution in [0, 0.1) is 11.6 Å². The molecule has 168 valence electrons. The van der Waals surface area contributed by atoms with E-state index in [9.17, 15) is 4.39 Å². The van der Waals surface area contributed by atoms with E-state index in [0.29, 0.717) is 16.7 Å². The van der Waals surface area contributed by atoms with Crippen molar-refractivity contribution in [3.8, 4) is 33.4 Å². The molecule has 4 aromatic rings. The minimum Gasteiger partial charge on any atom is -0.203 e. The highest BCUT2D eigenvalue weighted by Gasteiger charge is 2.16. The van der Waals surface area contributed by atoms with Gasteiger partial charge in [0.25, 0.3) is 0 Å². The van der Waals surface area contributed by atoms with Gasteiger partial charge in [-0.05, 0) is 52.6 Å². The predicted molar refractivity (Wildman–Crippen MR) is 135 cm³/mol. The summed E-state index contributed by atoms with van der Waals surface area (Å²) in [6, 6.07) is 27.3. The van der Waals surface area contributed by atoms with Crippen LogP contribution in [0.3, 0.4) is 0 Å². The third kappa shape index (κ3) is 5.22. The third-order valence-corrected chi connectivity index (χ3v) is 6.19. The molecule has 0 heterocycles. The highest BCUT2D eigenvalue weighted by atomic mass is 19.2. The van der Waals surface area contributed by atoms with Gasteiger partial charge < -0.3 is 0 Å². The number of halogens is 2. The molecule has 0 unspecified atom stereocenters. The van der Waals surface area contributed by atoms with Gasteiger partial charge in [-0.25, -0.2) is 8.78 Å². The van der Waals surface area contributed by atoms with Crippen LogP contribution in [-0.4, -0.2) is 0 Å². The SMILES string of the molecule is CCCCc1ccc(-c2ccc(-c3ccc(-c4ccc(CCC)cc4)c(F)c3F)cc2)cc1. The zero-order valence-electron chi connectivity index (χ0n) is 19.4. The number of aryl methyl sites for hydroxylation is 2. The molecule has 0 aliphatic carbocycles. The smallest absolute Gasteiger partial charge is 0.167 e. The summed E-state index contributed by atoms with van der Waals surface area (Å²) in [6.07, 6.45) is 5.51. The van der Waals surface area contributed by atoms with E-state index in [4.69, 9.17) is 0 Å². The minimum atomic E-state index is -0.807. The zero-order chi connectivity index (χ0) is 23.2. The van der Waals surface area contributed by atoms with Crippen LogP contribution >= 0.6 is 0 Å². The lowest BCUT2D eigenvalue weighted by Crippen LogP contribution is -1.94. The van der Waals surface area contributed by atoms with Crippen LogP contribution in [0.15, 0.2) is 84.9 Å². The van der Waals surface area contributed by atoms with Crippen molar-refractivity contribution in [1.29, 1.82) is 0 Å². The average molecular weight is 441 g/mol. The Balaban J connectivity index is 1.56. The molecule has 0 N–H and O–H groups in total. The molecule has 0 aromatic heterocycles. The van der Waals surface area contributed by atoms with E-state index in [0.717, 1.165) is 30.4 Å². The Kier molecular flexibility index (Phi) is 7.34. The van der Waals surface area contributed by atoms with Crippen molar-refractivity contribution in [2.45, 2.75) is 46.0 Å². The van der Waals surface area contributed by atoms with Crippen molar-refractivity contribution < 1.29 is 8.78 Å². The van der Waals surface area contributed by atoms with Gasteiger partial charge in [-0.15, -0.1) is 0 Å². The topological polar surface area (TPSA) is 0 Å². The molecule has 0 amide bonds. The summed E-state index contributed by atoms with van der Waals surface area (Å²) in [7, 11) is 0. The third-order valence-electron chi connectivity index (χ3n) is 6.19. The van der Waals surface area contributed by atoms with Gasteiger partial charge in [0.2, 0.25) is 0 Å². The molecule has 0 nitrogen and oxygen atoms in total. The Labute approximate surface area is 195 Å². The summed E-state index contributed by atoms with van der Waals surface area (Å²) in [4.78, 5) is 0. The van der Waals surface area contributed by atoms with E-state index >= 15 is 4.39 Å². The first-order valence-electron chi connectivity index (χ1n) is 11.9. The van der Waals surface area contributed by atoms with Crippen LogP contribution in [0.2, 0.25) is 0 Å². The fourth-order valence-electron chi connectivity index (χ4n) is 4.22. The molecule has 33 heavy (non-hydrogen) atoms. The fraction of sp³-hybridized carbons (Fsp3) is 0.226. The van der Waals surface area contributed by atoms with Gasteiger partial charge in [-0.1, -0.05) is 112 Å². The van der Waals surface area contributed by atoms with Gasteiger partial charge in [0.15, 0.2) is 11.6 Å². The lowest BCUT2D eigenvalue weighted by molar-refractivity contribution is 0.514. The fourth-order valence-corrected chi connectivity index (χ4v) is 4.22. The molecule has 0 radical (unpaired) electrons. The highest BCUT2D eigenvalue weighted by molar-refractivity contribution is 5.74.